The molecule has 8 heteroatoms. The number of carbonyl (C=O) groups excluding carboxylic acids is 3. The van der Waals surface area contributed by atoms with Crippen molar-refractivity contribution in [3.05, 3.63) is 101 Å². The van der Waals surface area contributed by atoms with E-state index in [1.165, 1.54) is 25.1 Å². The highest BCUT2D eigenvalue weighted by Crippen LogP contribution is 2.30. The monoisotopic (exact) mass is 495 g/mol. The van der Waals surface area contributed by atoms with Crippen LogP contribution in [-0.4, -0.2) is 34.2 Å². The zero-order valence-electron chi connectivity index (χ0n) is 19.7. The molecular weight excluding hydrogens is 473 g/mol. The number of fused-ring (bicyclic) bond motifs is 2. The summed E-state index contributed by atoms with van der Waals surface area (Å²) < 4.78 is 20.9. The van der Waals surface area contributed by atoms with Crippen molar-refractivity contribution in [3.63, 3.8) is 0 Å². The van der Waals surface area contributed by atoms with Crippen LogP contribution >= 0.6 is 0 Å². The standard InChI is InChI=1S/C29H22FN3O4/c30-25-24(32-27(34)19-7-10-21(11-8-19)37-16-17-5-6-17)12-9-20-13-18(14-31-26(20)25)15-33-28(35)22-3-1-2-4-23(22)29(33)36/h1-4,7-14,17H,5-6,15-16H2,(H,32,34). The fourth-order valence-corrected chi connectivity index (χ4v) is 4.36. The van der Waals surface area contributed by atoms with E-state index in [-0.39, 0.29) is 29.6 Å². The van der Waals surface area contributed by atoms with Crippen LogP contribution in [0.4, 0.5) is 10.1 Å². The number of anilines is 1. The molecule has 1 aliphatic carbocycles. The number of imide groups is 1. The van der Waals surface area contributed by atoms with Gasteiger partial charge in [-0.25, -0.2) is 4.39 Å². The third kappa shape index (κ3) is 4.42. The van der Waals surface area contributed by atoms with Crippen molar-refractivity contribution in [2.75, 3.05) is 11.9 Å². The van der Waals surface area contributed by atoms with Gasteiger partial charge in [-0.2, -0.15) is 0 Å². The number of amides is 3. The van der Waals surface area contributed by atoms with Crippen molar-refractivity contribution in [3.8, 4) is 5.75 Å². The summed E-state index contributed by atoms with van der Waals surface area (Å²) in [4.78, 5) is 43.4. The maximum atomic E-state index is 15.2. The molecule has 0 unspecified atom stereocenters. The van der Waals surface area contributed by atoms with Gasteiger partial charge in [0.2, 0.25) is 0 Å². The van der Waals surface area contributed by atoms with Crippen LogP contribution in [-0.2, 0) is 6.54 Å². The van der Waals surface area contributed by atoms with Crippen molar-refractivity contribution >= 4 is 34.3 Å². The number of ether oxygens (including phenoxy) is 1. The minimum Gasteiger partial charge on any atom is -0.493 e. The largest absolute Gasteiger partial charge is 0.493 e. The minimum absolute atomic E-state index is 0.00663. The number of aromatic nitrogens is 1. The van der Waals surface area contributed by atoms with Gasteiger partial charge >= 0.3 is 0 Å². The Morgan fingerprint density at radius 2 is 1.70 bits per heavy atom. The molecule has 0 radical (unpaired) electrons. The molecule has 1 aliphatic heterocycles. The van der Waals surface area contributed by atoms with Gasteiger partial charge < -0.3 is 10.1 Å². The molecule has 37 heavy (non-hydrogen) atoms. The van der Waals surface area contributed by atoms with Crippen LogP contribution in [0.25, 0.3) is 10.9 Å². The van der Waals surface area contributed by atoms with Gasteiger partial charge in [-0.1, -0.05) is 18.2 Å². The Labute approximate surface area is 211 Å². The van der Waals surface area contributed by atoms with Gasteiger partial charge in [0.25, 0.3) is 17.7 Å². The van der Waals surface area contributed by atoms with E-state index in [9.17, 15) is 14.4 Å². The second-order valence-electron chi connectivity index (χ2n) is 9.32. The summed E-state index contributed by atoms with van der Waals surface area (Å²) in [7, 11) is 0. The molecule has 1 aromatic heterocycles. The van der Waals surface area contributed by atoms with Crippen molar-refractivity contribution in [1.82, 2.24) is 9.88 Å². The van der Waals surface area contributed by atoms with Crippen LogP contribution < -0.4 is 10.1 Å². The van der Waals surface area contributed by atoms with Crippen LogP contribution in [0, 0.1) is 11.7 Å². The number of halogens is 1. The molecule has 0 spiro atoms. The van der Waals surface area contributed by atoms with E-state index in [4.69, 9.17) is 4.74 Å². The molecule has 4 aromatic rings. The van der Waals surface area contributed by atoms with Crippen LogP contribution in [0.5, 0.6) is 5.75 Å². The fourth-order valence-electron chi connectivity index (χ4n) is 4.36. The lowest BCUT2D eigenvalue weighted by molar-refractivity contribution is 0.0642. The summed E-state index contributed by atoms with van der Waals surface area (Å²) in [6.07, 6.45) is 3.82. The average molecular weight is 496 g/mol. The van der Waals surface area contributed by atoms with E-state index in [1.807, 2.05) is 0 Å². The van der Waals surface area contributed by atoms with Crippen molar-refractivity contribution < 1.29 is 23.5 Å². The summed E-state index contributed by atoms with van der Waals surface area (Å²) in [5, 5.41) is 3.09. The van der Waals surface area contributed by atoms with Gasteiger partial charge in [-0.3, -0.25) is 24.3 Å². The number of rotatable bonds is 7. The third-order valence-electron chi connectivity index (χ3n) is 6.61. The topological polar surface area (TPSA) is 88.6 Å². The SMILES string of the molecule is O=C(Nc1ccc2cc(CN3C(=O)c4ccccc4C3=O)cnc2c1F)c1ccc(OCC2CC2)cc1. The first-order valence-corrected chi connectivity index (χ1v) is 12.0. The van der Waals surface area contributed by atoms with Gasteiger partial charge in [-0.15, -0.1) is 0 Å². The van der Waals surface area contributed by atoms with E-state index in [2.05, 4.69) is 10.3 Å². The zero-order chi connectivity index (χ0) is 25.5. The first-order chi connectivity index (χ1) is 18.0. The number of carbonyl (C=O) groups is 3. The number of hydrogen-bond donors (Lipinski definition) is 1. The number of benzene rings is 3. The molecule has 2 heterocycles. The minimum atomic E-state index is -0.664. The second kappa shape index (κ2) is 9.13. The average Bonchev–Trinajstić information content (AvgIpc) is 3.73. The van der Waals surface area contributed by atoms with E-state index >= 15 is 4.39 Å². The number of nitrogens with zero attached hydrogens (tertiary/aromatic N) is 2. The molecule has 0 saturated heterocycles. The Bertz CT molecular complexity index is 1530. The molecule has 3 aromatic carbocycles. The molecule has 0 atom stereocenters. The molecule has 1 saturated carbocycles. The lowest BCUT2D eigenvalue weighted by Gasteiger charge is -2.14. The molecular formula is C29H22FN3O4. The Morgan fingerprint density at radius 1 is 1.00 bits per heavy atom. The molecule has 3 amide bonds. The highest BCUT2D eigenvalue weighted by Gasteiger charge is 2.35. The lowest BCUT2D eigenvalue weighted by atomic mass is 10.1. The summed E-state index contributed by atoms with van der Waals surface area (Å²) >= 11 is 0. The number of nitrogens with one attached hydrogen (secondary N) is 1. The molecule has 0 bridgehead atoms. The van der Waals surface area contributed by atoms with Gasteiger partial charge in [0.1, 0.15) is 11.3 Å². The first-order valence-electron chi connectivity index (χ1n) is 12.0. The molecule has 2 aliphatic rings. The van der Waals surface area contributed by atoms with Gasteiger partial charge in [0.05, 0.1) is 30.0 Å². The lowest BCUT2D eigenvalue weighted by Crippen LogP contribution is -2.29. The van der Waals surface area contributed by atoms with E-state index in [0.717, 1.165) is 4.90 Å². The predicted octanol–water partition coefficient (Wildman–Crippen LogP) is 5.21. The van der Waals surface area contributed by atoms with E-state index < -0.39 is 11.7 Å². The summed E-state index contributed by atoms with van der Waals surface area (Å²) in [5.41, 5.74) is 1.78. The van der Waals surface area contributed by atoms with Crippen LogP contribution in [0.15, 0.2) is 72.9 Å². The van der Waals surface area contributed by atoms with Crippen molar-refractivity contribution in [2.45, 2.75) is 19.4 Å². The van der Waals surface area contributed by atoms with Gasteiger partial charge in [-0.05, 0) is 72.9 Å². The normalized spacial score (nSPS) is 14.7. The highest BCUT2D eigenvalue weighted by molar-refractivity contribution is 6.21. The highest BCUT2D eigenvalue weighted by atomic mass is 19.1. The Kier molecular flexibility index (Phi) is 5.64. The smallest absolute Gasteiger partial charge is 0.261 e. The Hall–Kier alpha value is -4.59. The summed E-state index contributed by atoms with van der Waals surface area (Å²) in [6.45, 7) is 0.705. The zero-order valence-corrected chi connectivity index (χ0v) is 19.7. The first kappa shape index (κ1) is 22.8. The molecule has 1 fully saturated rings. The van der Waals surface area contributed by atoms with Crippen LogP contribution in [0.1, 0.15) is 49.5 Å². The van der Waals surface area contributed by atoms with E-state index in [0.29, 0.717) is 45.9 Å². The van der Waals surface area contributed by atoms with Crippen molar-refractivity contribution in [2.24, 2.45) is 5.92 Å². The molecule has 6 rings (SSSR count). The van der Waals surface area contributed by atoms with Gasteiger partial charge in [0.15, 0.2) is 5.82 Å². The molecule has 7 nitrogen and oxygen atoms in total. The van der Waals surface area contributed by atoms with Gasteiger partial charge in [0, 0.05) is 17.1 Å². The van der Waals surface area contributed by atoms with Crippen LogP contribution in [0.2, 0.25) is 0 Å². The predicted molar refractivity (Wildman–Crippen MR) is 135 cm³/mol. The summed E-state index contributed by atoms with van der Waals surface area (Å²) in [5.74, 6) is -0.524. The van der Waals surface area contributed by atoms with Crippen molar-refractivity contribution in [1.29, 1.82) is 0 Å². The maximum absolute atomic E-state index is 15.2. The quantitative estimate of drug-likeness (QED) is 0.356. The number of hydrogen-bond acceptors (Lipinski definition) is 5. The second-order valence-corrected chi connectivity index (χ2v) is 9.32. The molecule has 1 N–H and O–H groups in total. The maximum Gasteiger partial charge on any atom is 0.261 e. The van der Waals surface area contributed by atoms with E-state index in [1.54, 1.807) is 60.7 Å². The Balaban J connectivity index is 1.16. The fraction of sp³-hybridized carbons (Fsp3) is 0.172. The van der Waals surface area contributed by atoms with Crippen LogP contribution in [0.3, 0.4) is 0 Å². The molecule has 184 valence electrons. The summed E-state index contributed by atoms with van der Waals surface area (Å²) in [6, 6.07) is 18.2. The number of pyridine rings is 1. The Morgan fingerprint density at radius 3 is 2.38 bits per heavy atom. The third-order valence-corrected chi connectivity index (χ3v) is 6.61.